The molecule has 94 valence electrons. The Hall–Kier alpha value is -0.860. The Balaban J connectivity index is 1.72. The summed E-state index contributed by atoms with van der Waals surface area (Å²) in [6.07, 6.45) is 6.39. The van der Waals surface area contributed by atoms with Gasteiger partial charge in [0, 0.05) is 18.6 Å². The highest BCUT2D eigenvalue weighted by Gasteiger charge is 2.15. The third-order valence-electron chi connectivity index (χ3n) is 3.64. The smallest absolute Gasteiger partial charge is 0.0206 e. The second-order valence-corrected chi connectivity index (χ2v) is 5.34. The molecular weight excluding hydrogens is 208 g/mol. The molecule has 2 heteroatoms. The molecule has 2 rings (SSSR count). The number of hydrogen-bond acceptors (Lipinski definition) is 2. The van der Waals surface area contributed by atoms with Crippen molar-refractivity contribution < 1.29 is 0 Å². The van der Waals surface area contributed by atoms with Gasteiger partial charge >= 0.3 is 0 Å². The fourth-order valence-corrected chi connectivity index (χ4v) is 2.55. The Kier molecular flexibility index (Phi) is 4.57. The molecule has 17 heavy (non-hydrogen) atoms. The SMILES string of the molecule is Cc1ccc(CC(N)CNC2CCCC2)cc1. The minimum atomic E-state index is 0.235. The molecule has 1 fully saturated rings. The minimum absolute atomic E-state index is 0.235. The number of nitrogens with one attached hydrogen (secondary N) is 1. The van der Waals surface area contributed by atoms with Crippen LogP contribution in [-0.2, 0) is 6.42 Å². The van der Waals surface area contributed by atoms with Crippen molar-refractivity contribution in [3.05, 3.63) is 35.4 Å². The van der Waals surface area contributed by atoms with E-state index in [2.05, 4.69) is 36.5 Å². The number of rotatable bonds is 5. The lowest BCUT2D eigenvalue weighted by atomic mass is 10.0. The van der Waals surface area contributed by atoms with E-state index >= 15 is 0 Å². The largest absolute Gasteiger partial charge is 0.326 e. The lowest BCUT2D eigenvalue weighted by molar-refractivity contribution is 0.484. The van der Waals surface area contributed by atoms with E-state index in [9.17, 15) is 0 Å². The van der Waals surface area contributed by atoms with Gasteiger partial charge in [-0.25, -0.2) is 0 Å². The van der Waals surface area contributed by atoms with Crippen LogP contribution in [0.3, 0.4) is 0 Å². The molecule has 1 unspecified atom stereocenters. The van der Waals surface area contributed by atoms with Gasteiger partial charge in [0.1, 0.15) is 0 Å². The predicted octanol–water partition coefficient (Wildman–Crippen LogP) is 2.40. The Labute approximate surface area is 105 Å². The molecular formula is C15H24N2. The summed E-state index contributed by atoms with van der Waals surface area (Å²) in [5.74, 6) is 0. The lowest BCUT2D eigenvalue weighted by Crippen LogP contribution is -2.39. The maximum atomic E-state index is 6.16. The molecule has 3 N–H and O–H groups in total. The summed E-state index contributed by atoms with van der Waals surface area (Å²) in [7, 11) is 0. The fourth-order valence-electron chi connectivity index (χ4n) is 2.55. The molecule has 0 radical (unpaired) electrons. The first-order chi connectivity index (χ1) is 8.24. The second kappa shape index (κ2) is 6.18. The summed E-state index contributed by atoms with van der Waals surface area (Å²) >= 11 is 0. The van der Waals surface area contributed by atoms with Crippen LogP contribution in [0, 0.1) is 6.92 Å². The molecule has 0 aromatic heterocycles. The maximum absolute atomic E-state index is 6.16. The van der Waals surface area contributed by atoms with Crippen LogP contribution in [0.15, 0.2) is 24.3 Å². The van der Waals surface area contributed by atoms with E-state index < -0.39 is 0 Å². The van der Waals surface area contributed by atoms with Crippen molar-refractivity contribution in [3.63, 3.8) is 0 Å². The van der Waals surface area contributed by atoms with Crippen molar-refractivity contribution in [3.8, 4) is 0 Å². The number of aryl methyl sites for hydroxylation is 1. The first kappa shape index (κ1) is 12.6. The van der Waals surface area contributed by atoms with Gasteiger partial charge < -0.3 is 11.1 Å². The summed E-state index contributed by atoms with van der Waals surface area (Å²) in [5.41, 5.74) is 8.81. The molecule has 1 aliphatic carbocycles. The van der Waals surface area contributed by atoms with Crippen LogP contribution in [0.1, 0.15) is 36.8 Å². The average molecular weight is 232 g/mol. The standard InChI is InChI=1S/C15H24N2/c1-12-6-8-13(9-7-12)10-14(16)11-17-15-4-2-3-5-15/h6-9,14-15,17H,2-5,10-11,16H2,1H3. The van der Waals surface area contributed by atoms with E-state index in [0.717, 1.165) is 19.0 Å². The number of nitrogens with two attached hydrogens (primary N) is 1. The van der Waals surface area contributed by atoms with Gasteiger partial charge in [0.05, 0.1) is 0 Å². The maximum Gasteiger partial charge on any atom is 0.0206 e. The highest BCUT2D eigenvalue weighted by Crippen LogP contribution is 2.17. The molecule has 1 aliphatic rings. The van der Waals surface area contributed by atoms with E-state index in [1.54, 1.807) is 0 Å². The summed E-state index contributed by atoms with van der Waals surface area (Å²) in [6.45, 7) is 3.06. The first-order valence-corrected chi connectivity index (χ1v) is 6.78. The van der Waals surface area contributed by atoms with Crippen molar-refractivity contribution >= 4 is 0 Å². The monoisotopic (exact) mass is 232 g/mol. The van der Waals surface area contributed by atoms with Crippen molar-refractivity contribution in [2.75, 3.05) is 6.54 Å². The minimum Gasteiger partial charge on any atom is -0.326 e. The predicted molar refractivity (Wildman–Crippen MR) is 73.1 cm³/mol. The van der Waals surface area contributed by atoms with Crippen molar-refractivity contribution in [1.29, 1.82) is 0 Å². The molecule has 1 saturated carbocycles. The van der Waals surface area contributed by atoms with Crippen LogP contribution in [0.4, 0.5) is 0 Å². The lowest BCUT2D eigenvalue weighted by Gasteiger charge is -2.17. The van der Waals surface area contributed by atoms with Gasteiger partial charge in [0.15, 0.2) is 0 Å². The van der Waals surface area contributed by atoms with E-state index in [0.29, 0.717) is 0 Å². The second-order valence-electron chi connectivity index (χ2n) is 5.34. The molecule has 0 heterocycles. The van der Waals surface area contributed by atoms with Gasteiger partial charge in [-0.2, -0.15) is 0 Å². The van der Waals surface area contributed by atoms with Gasteiger partial charge in [-0.15, -0.1) is 0 Å². The van der Waals surface area contributed by atoms with Crippen LogP contribution in [0.25, 0.3) is 0 Å². The first-order valence-electron chi connectivity index (χ1n) is 6.78. The molecule has 0 spiro atoms. The van der Waals surface area contributed by atoms with Gasteiger partial charge in [0.2, 0.25) is 0 Å². The molecule has 1 aromatic carbocycles. The Morgan fingerprint density at radius 2 is 1.88 bits per heavy atom. The van der Waals surface area contributed by atoms with Crippen molar-refractivity contribution in [2.45, 2.75) is 51.1 Å². The molecule has 0 saturated heterocycles. The Morgan fingerprint density at radius 3 is 2.53 bits per heavy atom. The van der Waals surface area contributed by atoms with E-state index in [1.807, 2.05) is 0 Å². The van der Waals surface area contributed by atoms with Crippen LogP contribution < -0.4 is 11.1 Å². The van der Waals surface area contributed by atoms with E-state index in [-0.39, 0.29) is 6.04 Å². The third-order valence-corrected chi connectivity index (χ3v) is 3.64. The van der Waals surface area contributed by atoms with Gasteiger partial charge in [0.25, 0.3) is 0 Å². The molecule has 0 amide bonds. The fraction of sp³-hybridized carbons (Fsp3) is 0.600. The molecule has 1 atom stereocenters. The zero-order chi connectivity index (χ0) is 12.1. The normalized spacial score (nSPS) is 18.5. The van der Waals surface area contributed by atoms with Crippen LogP contribution in [-0.4, -0.2) is 18.6 Å². The van der Waals surface area contributed by atoms with E-state index in [1.165, 1.54) is 36.8 Å². The van der Waals surface area contributed by atoms with Crippen LogP contribution >= 0.6 is 0 Å². The molecule has 1 aromatic rings. The molecule has 0 bridgehead atoms. The zero-order valence-electron chi connectivity index (χ0n) is 10.8. The molecule has 0 aliphatic heterocycles. The topological polar surface area (TPSA) is 38.0 Å². The molecule has 2 nitrogen and oxygen atoms in total. The Bertz CT molecular complexity index is 325. The van der Waals surface area contributed by atoms with Crippen LogP contribution in [0.2, 0.25) is 0 Å². The average Bonchev–Trinajstić information content (AvgIpc) is 2.83. The highest BCUT2D eigenvalue weighted by atomic mass is 14.9. The highest BCUT2D eigenvalue weighted by molar-refractivity contribution is 5.22. The van der Waals surface area contributed by atoms with Gasteiger partial charge in [-0.05, 0) is 31.7 Å². The summed E-state index contributed by atoms with van der Waals surface area (Å²) in [4.78, 5) is 0. The summed E-state index contributed by atoms with van der Waals surface area (Å²) in [5, 5.41) is 3.59. The quantitative estimate of drug-likeness (QED) is 0.818. The van der Waals surface area contributed by atoms with Gasteiger partial charge in [-0.3, -0.25) is 0 Å². The van der Waals surface area contributed by atoms with Crippen LogP contribution in [0.5, 0.6) is 0 Å². The van der Waals surface area contributed by atoms with Crippen molar-refractivity contribution in [2.24, 2.45) is 5.73 Å². The number of hydrogen-bond donors (Lipinski definition) is 2. The van der Waals surface area contributed by atoms with Gasteiger partial charge in [-0.1, -0.05) is 42.7 Å². The summed E-state index contributed by atoms with van der Waals surface area (Å²) < 4.78 is 0. The third kappa shape index (κ3) is 4.14. The van der Waals surface area contributed by atoms with E-state index in [4.69, 9.17) is 5.73 Å². The summed E-state index contributed by atoms with van der Waals surface area (Å²) in [6, 6.07) is 9.64. The number of benzene rings is 1. The van der Waals surface area contributed by atoms with Crippen molar-refractivity contribution in [1.82, 2.24) is 5.32 Å². The zero-order valence-corrected chi connectivity index (χ0v) is 10.8. The Morgan fingerprint density at radius 1 is 1.24 bits per heavy atom.